The van der Waals surface area contributed by atoms with E-state index in [-0.39, 0.29) is 12.6 Å². The molecule has 0 radical (unpaired) electrons. The molecule has 1 aromatic rings. The maximum Gasteiger partial charge on any atom is 0.145 e. The number of nitrogens with two attached hydrogens (primary N) is 1. The van der Waals surface area contributed by atoms with Crippen LogP contribution in [0.1, 0.15) is 12.5 Å². The molecular formula is C10H12Cl2N2O. The molecule has 1 aromatic carbocycles. The van der Waals surface area contributed by atoms with Gasteiger partial charge in [0.25, 0.3) is 0 Å². The summed E-state index contributed by atoms with van der Waals surface area (Å²) in [5.74, 6) is 0. The summed E-state index contributed by atoms with van der Waals surface area (Å²) in [7, 11) is 0. The number of hydrogen-bond donors (Lipinski definition) is 1. The second kappa shape index (κ2) is 5.95. The molecule has 0 aliphatic rings. The van der Waals surface area contributed by atoms with Crippen LogP contribution in [-0.4, -0.2) is 12.3 Å². The van der Waals surface area contributed by atoms with Gasteiger partial charge >= 0.3 is 0 Å². The van der Waals surface area contributed by atoms with E-state index >= 15 is 0 Å². The Hall–Kier alpha value is -0.770. The van der Waals surface area contributed by atoms with E-state index in [1.54, 1.807) is 25.1 Å². The molecule has 82 valence electrons. The highest BCUT2D eigenvalue weighted by Gasteiger charge is 2.04. The van der Waals surface area contributed by atoms with Crippen molar-refractivity contribution in [1.82, 2.24) is 0 Å². The Kier molecular flexibility index (Phi) is 4.88. The molecule has 0 saturated carbocycles. The highest BCUT2D eigenvalue weighted by molar-refractivity contribution is 6.35. The van der Waals surface area contributed by atoms with Gasteiger partial charge < -0.3 is 10.6 Å². The van der Waals surface area contributed by atoms with Crippen molar-refractivity contribution in [3.05, 3.63) is 33.8 Å². The average Bonchev–Trinajstić information content (AvgIpc) is 2.15. The van der Waals surface area contributed by atoms with Gasteiger partial charge in [-0.25, -0.2) is 0 Å². The standard InChI is InChI=1S/C10H12Cl2N2O/c1-7(13)5-14-15-6-8-9(11)3-2-4-10(8)12/h2-5,7H,6,13H2,1H3. The Balaban J connectivity index is 2.58. The molecule has 1 unspecified atom stereocenters. The molecule has 0 spiro atoms. The van der Waals surface area contributed by atoms with Gasteiger partial charge in [-0.15, -0.1) is 0 Å². The molecular weight excluding hydrogens is 235 g/mol. The van der Waals surface area contributed by atoms with Crippen LogP contribution in [0.5, 0.6) is 0 Å². The molecule has 5 heteroatoms. The van der Waals surface area contributed by atoms with E-state index in [0.717, 1.165) is 5.56 Å². The van der Waals surface area contributed by atoms with E-state index in [1.807, 2.05) is 0 Å². The van der Waals surface area contributed by atoms with E-state index < -0.39 is 0 Å². The third-order valence-corrected chi connectivity index (χ3v) is 2.35. The van der Waals surface area contributed by atoms with Crippen LogP contribution in [0.25, 0.3) is 0 Å². The van der Waals surface area contributed by atoms with E-state index in [9.17, 15) is 0 Å². The first-order valence-electron chi connectivity index (χ1n) is 4.45. The van der Waals surface area contributed by atoms with Crippen LogP contribution in [0.15, 0.2) is 23.4 Å². The van der Waals surface area contributed by atoms with Gasteiger partial charge in [-0.1, -0.05) is 34.4 Å². The fraction of sp³-hybridized carbons (Fsp3) is 0.300. The number of hydrogen-bond acceptors (Lipinski definition) is 3. The minimum Gasteiger partial charge on any atom is -0.391 e. The van der Waals surface area contributed by atoms with E-state index in [1.165, 1.54) is 6.21 Å². The zero-order chi connectivity index (χ0) is 11.3. The lowest BCUT2D eigenvalue weighted by atomic mass is 10.2. The van der Waals surface area contributed by atoms with Crippen LogP contribution in [0.4, 0.5) is 0 Å². The maximum atomic E-state index is 5.93. The maximum absolute atomic E-state index is 5.93. The lowest BCUT2D eigenvalue weighted by molar-refractivity contribution is 0.131. The van der Waals surface area contributed by atoms with Gasteiger partial charge in [-0.3, -0.25) is 0 Å². The van der Waals surface area contributed by atoms with Crippen LogP contribution >= 0.6 is 23.2 Å². The monoisotopic (exact) mass is 246 g/mol. The Morgan fingerprint density at radius 3 is 2.60 bits per heavy atom. The Bertz CT molecular complexity index is 333. The van der Waals surface area contributed by atoms with Crippen molar-refractivity contribution >= 4 is 29.4 Å². The number of oxime groups is 1. The first-order chi connectivity index (χ1) is 7.11. The van der Waals surface area contributed by atoms with Gasteiger partial charge in [0.15, 0.2) is 0 Å². The second-order valence-corrected chi connectivity index (χ2v) is 3.90. The smallest absolute Gasteiger partial charge is 0.145 e. The summed E-state index contributed by atoms with van der Waals surface area (Å²) in [6, 6.07) is 5.15. The molecule has 0 amide bonds. The van der Waals surface area contributed by atoms with Gasteiger partial charge in [-0.05, 0) is 19.1 Å². The molecule has 0 bridgehead atoms. The zero-order valence-corrected chi connectivity index (χ0v) is 9.79. The first-order valence-corrected chi connectivity index (χ1v) is 5.20. The fourth-order valence-corrected chi connectivity index (χ4v) is 1.42. The minimum absolute atomic E-state index is 0.133. The van der Waals surface area contributed by atoms with Gasteiger partial charge in [0.2, 0.25) is 0 Å². The lowest BCUT2D eigenvalue weighted by Gasteiger charge is -2.05. The average molecular weight is 247 g/mol. The Morgan fingerprint density at radius 2 is 2.07 bits per heavy atom. The summed E-state index contributed by atoms with van der Waals surface area (Å²) in [6.07, 6.45) is 1.50. The molecule has 0 aromatic heterocycles. The van der Waals surface area contributed by atoms with Crippen molar-refractivity contribution < 1.29 is 4.84 Å². The van der Waals surface area contributed by atoms with Crippen LogP contribution < -0.4 is 5.73 Å². The number of benzene rings is 1. The van der Waals surface area contributed by atoms with Gasteiger partial charge in [0, 0.05) is 21.7 Å². The van der Waals surface area contributed by atoms with E-state index in [2.05, 4.69) is 5.16 Å². The predicted molar refractivity (Wildman–Crippen MR) is 63.4 cm³/mol. The van der Waals surface area contributed by atoms with Crippen molar-refractivity contribution in [1.29, 1.82) is 0 Å². The largest absolute Gasteiger partial charge is 0.391 e. The predicted octanol–water partition coefficient (Wildman–Crippen LogP) is 2.84. The van der Waals surface area contributed by atoms with Crippen molar-refractivity contribution in [3.63, 3.8) is 0 Å². The molecule has 1 rings (SSSR count). The van der Waals surface area contributed by atoms with Gasteiger partial charge in [-0.2, -0.15) is 0 Å². The van der Waals surface area contributed by atoms with Crippen LogP contribution in [-0.2, 0) is 11.4 Å². The normalized spacial score (nSPS) is 13.1. The lowest BCUT2D eigenvalue weighted by Crippen LogP contribution is -2.16. The van der Waals surface area contributed by atoms with E-state index in [0.29, 0.717) is 10.0 Å². The topological polar surface area (TPSA) is 47.6 Å². The quantitative estimate of drug-likeness (QED) is 0.656. The van der Waals surface area contributed by atoms with Crippen molar-refractivity contribution in [2.24, 2.45) is 10.9 Å². The second-order valence-electron chi connectivity index (χ2n) is 3.09. The zero-order valence-electron chi connectivity index (χ0n) is 8.28. The molecule has 0 heterocycles. The van der Waals surface area contributed by atoms with Crippen molar-refractivity contribution in [3.8, 4) is 0 Å². The fourth-order valence-electron chi connectivity index (χ4n) is 0.911. The van der Waals surface area contributed by atoms with Crippen LogP contribution in [0, 0.1) is 0 Å². The summed E-state index contributed by atoms with van der Waals surface area (Å²) in [5, 5.41) is 4.82. The van der Waals surface area contributed by atoms with Gasteiger partial charge in [0.1, 0.15) is 6.61 Å². The highest BCUT2D eigenvalue weighted by Crippen LogP contribution is 2.24. The molecule has 0 aliphatic heterocycles. The van der Waals surface area contributed by atoms with Crippen molar-refractivity contribution in [2.45, 2.75) is 19.6 Å². The van der Waals surface area contributed by atoms with Crippen LogP contribution in [0.2, 0.25) is 10.0 Å². The number of rotatable bonds is 4. The molecule has 3 nitrogen and oxygen atoms in total. The molecule has 15 heavy (non-hydrogen) atoms. The number of halogens is 2. The highest BCUT2D eigenvalue weighted by atomic mass is 35.5. The summed E-state index contributed by atoms with van der Waals surface area (Å²) >= 11 is 11.9. The summed E-state index contributed by atoms with van der Waals surface area (Å²) in [4.78, 5) is 5.01. The summed E-state index contributed by atoms with van der Waals surface area (Å²) < 4.78 is 0. The summed E-state index contributed by atoms with van der Waals surface area (Å²) in [6.45, 7) is 2.04. The third-order valence-electron chi connectivity index (χ3n) is 1.64. The van der Waals surface area contributed by atoms with E-state index in [4.69, 9.17) is 33.8 Å². The molecule has 2 N–H and O–H groups in total. The molecule has 0 aliphatic carbocycles. The SMILES string of the molecule is CC(N)C=NOCc1c(Cl)cccc1Cl. The molecule has 1 atom stereocenters. The van der Waals surface area contributed by atoms with Crippen molar-refractivity contribution in [2.75, 3.05) is 0 Å². The Labute approximate surface area is 98.8 Å². The number of nitrogens with zero attached hydrogens (tertiary/aromatic N) is 1. The summed E-state index contributed by atoms with van der Waals surface area (Å²) in [5.41, 5.74) is 6.17. The minimum atomic E-state index is -0.133. The van der Waals surface area contributed by atoms with Crippen LogP contribution in [0.3, 0.4) is 0 Å². The molecule has 0 saturated heterocycles. The Morgan fingerprint density at radius 1 is 1.47 bits per heavy atom. The molecule has 0 fully saturated rings. The van der Waals surface area contributed by atoms with Gasteiger partial charge in [0.05, 0.1) is 6.21 Å². The first kappa shape index (κ1) is 12.3. The third kappa shape index (κ3) is 4.08.